The Kier molecular flexibility index (Phi) is 3.57. The Balaban J connectivity index is 2.21. The Morgan fingerprint density at radius 3 is 2.70 bits per heavy atom. The normalized spacial score (nSPS) is 10.7. The number of nitrogens with one attached hydrogen (secondary N) is 1. The first kappa shape index (κ1) is 14.8. The van der Waals surface area contributed by atoms with E-state index in [0.29, 0.717) is 17.1 Å². The molecule has 116 valence electrons. The van der Waals surface area contributed by atoms with Gasteiger partial charge >= 0.3 is 5.97 Å². The van der Waals surface area contributed by atoms with Crippen molar-refractivity contribution in [3.05, 3.63) is 53.2 Å². The van der Waals surface area contributed by atoms with E-state index in [1.54, 1.807) is 12.1 Å². The van der Waals surface area contributed by atoms with Gasteiger partial charge in [-0.15, -0.1) is 0 Å². The molecule has 0 bridgehead atoms. The summed E-state index contributed by atoms with van der Waals surface area (Å²) in [7, 11) is 0. The van der Waals surface area contributed by atoms with Crippen LogP contribution in [0.2, 0.25) is 0 Å². The highest BCUT2D eigenvalue weighted by Gasteiger charge is 2.19. The molecule has 0 atom stereocenters. The second-order valence-electron chi connectivity index (χ2n) is 5.40. The molecule has 23 heavy (non-hydrogen) atoms. The summed E-state index contributed by atoms with van der Waals surface area (Å²) >= 11 is 0. The molecular formula is C17H16N4O2. The Morgan fingerprint density at radius 2 is 2.00 bits per heavy atom. The number of hydrogen-bond donors (Lipinski definition) is 3. The zero-order valence-corrected chi connectivity index (χ0v) is 12.8. The van der Waals surface area contributed by atoms with Crippen molar-refractivity contribution in [2.24, 2.45) is 0 Å². The summed E-state index contributed by atoms with van der Waals surface area (Å²) in [5.41, 5.74) is 10.4. The number of aryl methyl sites for hydroxylation is 2. The molecular weight excluding hydrogens is 292 g/mol. The second-order valence-corrected chi connectivity index (χ2v) is 5.40. The van der Waals surface area contributed by atoms with Crippen LogP contribution in [-0.2, 0) is 0 Å². The zero-order valence-electron chi connectivity index (χ0n) is 12.8. The molecule has 3 aromatic rings. The third kappa shape index (κ3) is 2.78. The monoisotopic (exact) mass is 308 g/mol. The molecule has 0 aliphatic heterocycles. The van der Waals surface area contributed by atoms with Crippen molar-refractivity contribution in [1.29, 1.82) is 0 Å². The lowest BCUT2D eigenvalue weighted by atomic mass is 10.0. The molecule has 0 unspecified atom stereocenters. The first-order chi connectivity index (χ1) is 11.0. The lowest BCUT2D eigenvalue weighted by Gasteiger charge is -2.07. The van der Waals surface area contributed by atoms with Crippen LogP contribution >= 0.6 is 0 Å². The van der Waals surface area contributed by atoms with Gasteiger partial charge in [0.2, 0.25) is 5.95 Å². The van der Waals surface area contributed by atoms with Gasteiger partial charge in [0.05, 0.1) is 22.6 Å². The fourth-order valence-electron chi connectivity index (χ4n) is 2.50. The number of aromatic carboxylic acids is 1. The minimum Gasteiger partial charge on any atom is -0.478 e. The summed E-state index contributed by atoms with van der Waals surface area (Å²) in [6, 6.07) is 9.18. The number of aromatic amines is 1. The number of hydrogen-bond acceptors (Lipinski definition) is 4. The van der Waals surface area contributed by atoms with Crippen molar-refractivity contribution in [3.63, 3.8) is 0 Å². The first-order valence-corrected chi connectivity index (χ1v) is 7.08. The molecule has 6 heteroatoms. The van der Waals surface area contributed by atoms with Crippen LogP contribution in [0.1, 0.15) is 21.5 Å². The molecule has 0 fully saturated rings. The molecule has 0 aliphatic rings. The van der Waals surface area contributed by atoms with Gasteiger partial charge < -0.3 is 15.8 Å². The van der Waals surface area contributed by atoms with E-state index in [9.17, 15) is 9.90 Å². The first-order valence-electron chi connectivity index (χ1n) is 7.08. The molecule has 1 aromatic carbocycles. The quantitative estimate of drug-likeness (QED) is 0.689. The number of nitrogen functional groups attached to an aromatic ring is 1. The fourth-order valence-corrected chi connectivity index (χ4v) is 2.50. The van der Waals surface area contributed by atoms with Gasteiger partial charge in [-0.05, 0) is 37.6 Å². The number of carboxylic acid groups (broad SMARTS) is 1. The van der Waals surface area contributed by atoms with Crippen molar-refractivity contribution < 1.29 is 9.90 Å². The van der Waals surface area contributed by atoms with Crippen LogP contribution in [0.4, 0.5) is 5.95 Å². The van der Waals surface area contributed by atoms with Crippen LogP contribution in [0.5, 0.6) is 0 Å². The van der Waals surface area contributed by atoms with Crippen LogP contribution in [0.3, 0.4) is 0 Å². The third-order valence-corrected chi connectivity index (χ3v) is 3.66. The van der Waals surface area contributed by atoms with Gasteiger partial charge in [-0.1, -0.05) is 17.7 Å². The Hall–Kier alpha value is -3.15. The van der Waals surface area contributed by atoms with E-state index in [1.807, 2.05) is 32.0 Å². The molecule has 0 amide bonds. The van der Waals surface area contributed by atoms with Crippen LogP contribution in [0.25, 0.3) is 22.6 Å². The van der Waals surface area contributed by atoms with Crippen LogP contribution in [0, 0.1) is 13.8 Å². The molecule has 0 radical (unpaired) electrons. The summed E-state index contributed by atoms with van der Waals surface area (Å²) in [6.07, 6.45) is 1.54. The predicted molar refractivity (Wildman–Crippen MR) is 88.1 cm³/mol. The number of benzene rings is 1. The van der Waals surface area contributed by atoms with Crippen LogP contribution < -0.4 is 5.73 Å². The molecule has 3 rings (SSSR count). The number of nitrogens with zero attached hydrogens (tertiary/aromatic N) is 2. The van der Waals surface area contributed by atoms with Crippen molar-refractivity contribution in [1.82, 2.24) is 15.0 Å². The molecule has 6 nitrogen and oxygen atoms in total. The van der Waals surface area contributed by atoms with Gasteiger partial charge in [0.1, 0.15) is 0 Å². The zero-order chi connectivity index (χ0) is 16.6. The van der Waals surface area contributed by atoms with Crippen LogP contribution in [-0.4, -0.2) is 26.0 Å². The summed E-state index contributed by atoms with van der Waals surface area (Å²) in [6.45, 7) is 3.92. The smallest absolute Gasteiger partial charge is 0.337 e. The summed E-state index contributed by atoms with van der Waals surface area (Å²) in [5.74, 6) is -0.854. The largest absolute Gasteiger partial charge is 0.478 e. The number of carboxylic acids is 1. The number of H-pyrrole nitrogens is 1. The minimum atomic E-state index is -0.995. The Morgan fingerprint density at radius 1 is 1.22 bits per heavy atom. The molecule has 0 saturated carbocycles. The van der Waals surface area contributed by atoms with Gasteiger partial charge in [-0.2, -0.15) is 0 Å². The topological polar surface area (TPSA) is 105 Å². The van der Waals surface area contributed by atoms with Gasteiger partial charge in [-0.25, -0.2) is 14.8 Å². The van der Waals surface area contributed by atoms with Gasteiger partial charge in [0.15, 0.2) is 0 Å². The maximum absolute atomic E-state index is 11.6. The summed E-state index contributed by atoms with van der Waals surface area (Å²) in [5, 5.41) is 9.52. The minimum absolute atomic E-state index is 0.141. The summed E-state index contributed by atoms with van der Waals surface area (Å²) in [4.78, 5) is 22.8. The van der Waals surface area contributed by atoms with E-state index in [2.05, 4.69) is 15.0 Å². The van der Waals surface area contributed by atoms with E-state index in [0.717, 1.165) is 16.7 Å². The molecule has 0 saturated heterocycles. The van der Waals surface area contributed by atoms with E-state index in [1.165, 1.54) is 6.20 Å². The number of carbonyl (C=O) groups is 1. The highest BCUT2D eigenvalue weighted by atomic mass is 16.4. The van der Waals surface area contributed by atoms with E-state index in [-0.39, 0.29) is 11.5 Å². The number of aromatic nitrogens is 3. The molecule has 2 aromatic heterocycles. The van der Waals surface area contributed by atoms with Gasteiger partial charge in [0.25, 0.3) is 0 Å². The Bertz CT molecular complexity index is 899. The summed E-state index contributed by atoms with van der Waals surface area (Å²) < 4.78 is 0. The number of rotatable bonds is 3. The van der Waals surface area contributed by atoms with Crippen LogP contribution in [0.15, 0.2) is 36.5 Å². The lowest BCUT2D eigenvalue weighted by Crippen LogP contribution is -1.98. The molecule has 0 aliphatic carbocycles. The lowest BCUT2D eigenvalue weighted by molar-refractivity contribution is 0.0698. The van der Waals surface area contributed by atoms with Crippen molar-refractivity contribution in [2.75, 3.05) is 5.73 Å². The second kappa shape index (κ2) is 5.57. The SMILES string of the molecule is Cc1ccc(C)c(-c2[nH]c(-c3ccnc(N)n3)cc2C(=O)O)c1. The highest BCUT2D eigenvalue weighted by Crippen LogP contribution is 2.31. The number of anilines is 1. The van der Waals surface area contributed by atoms with E-state index in [4.69, 9.17) is 5.73 Å². The van der Waals surface area contributed by atoms with Crippen molar-refractivity contribution in [2.45, 2.75) is 13.8 Å². The maximum Gasteiger partial charge on any atom is 0.337 e. The predicted octanol–water partition coefficient (Wildman–Crippen LogP) is 3.04. The van der Waals surface area contributed by atoms with E-state index < -0.39 is 5.97 Å². The molecule has 4 N–H and O–H groups in total. The average Bonchev–Trinajstić information content (AvgIpc) is 2.95. The van der Waals surface area contributed by atoms with Gasteiger partial charge in [0, 0.05) is 11.8 Å². The van der Waals surface area contributed by atoms with Crippen molar-refractivity contribution >= 4 is 11.9 Å². The highest BCUT2D eigenvalue weighted by molar-refractivity contribution is 5.97. The van der Waals surface area contributed by atoms with Gasteiger partial charge in [-0.3, -0.25) is 0 Å². The van der Waals surface area contributed by atoms with E-state index >= 15 is 0 Å². The fraction of sp³-hybridized carbons (Fsp3) is 0.118. The standard InChI is InChI=1S/C17H16N4O2/c1-9-3-4-10(2)11(7-9)15-12(16(22)23)8-14(20-15)13-5-6-19-17(18)21-13/h3-8,20H,1-2H3,(H,22,23)(H2,18,19,21). The number of nitrogens with two attached hydrogens (primary N) is 1. The van der Waals surface area contributed by atoms with Crippen molar-refractivity contribution in [3.8, 4) is 22.6 Å². The molecule has 0 spiro atoms. The molecule has 2 heterocycles. The Labute approximate surface area is 133 Å². The third-order valence-electron chi connectivity index (χ3n) is 3.66. The average molecular weight is 308 g/mol. The maximum atomic E-state index is 11.6.